The Labute approximate surface area is 133 Å². The van der Waals surface area contributed by atoms with E-state index in [2.05, 4.69) is 9.72 Å². The van der Waals surface area contributed by atoms with Crippen molar-refractivity contribution < 1.29 is 22.4 Å². The van der Waals surface area contributed by atoms with E-state index in [0.717, 1.165) is 0 Å². The van der Waals surface area contributed by atoms with E-state index in [1.54, 1.807) is 6.07 Å². The molecule has 1 aliphatic heterocycles. The van der Waals surface area contributed by atoms with E-state index in [1.807, 2.05) is 0 Å². The number of nitrogens with zero attached hydrogens (tertiary/aromatic N) is 3. The number of fused-ring (bicyclic) bond motifs is 1. The molecule has 2 aromatic rings. The highest BCUT2D eigenvalue weighted by molar-refractivity contribution is 7.89. The Morgan fingerprint density at radius 2 is 2.09 bits per heavy atom. The molecule has 1 saturated heterocycles. The SMILES string of the molecule is COC(=O)N1CCCN(S(=O)(=O)c2ccc3ncoc3c2)CC1. The molecule has 0 radical (unpaired) electrons. The van der Waals surface area contributed by atoms with Gasteiger partial charge in [-0.15, -0.1) is 0 Å². The number of oxazole rings is 1. The van der Waals surface area contributed by atoms with Gasteiger partial charge in [0.15, 0.2) is 12.0 Å². The highest BCUT2D eigenvalue weighted by Gasteiger charge is 2.28. The Bertz CT molecular complexity index is 817. The summed E-state index contributed by atoms with van der Waals surface area (Å²) in [5.74, 6) is 0. The first-order chi connectivity index (χ1) is 11.0. The molecule has 1 amide bonds. The number of aromatic nitrogens is 1. The molecule has 3 rings (SSSR count). The van der Waals surface area contributed by atoms with Gasteiger partial charge in [-0.05, 0) is 18.6 Å². The van der Waals surface area contributed by atoms with Crippen molar-refractivity contribution in [3.05, 3.63) is 24.6 Å². The molecule has 0 N–H and O–H groups in total. The van der Waals surface area contributed by atoms with Crippen molar-refractivity contribution in [1.82, 2.24) is 14.2 Å². The summed E-state index contributed by atoms with van der Waals surface area (Å²) < 4.78 is 36.8. The number of hydrogen-bond acceptors (Lipinski definition) is 6. The standard InChI is InChI=1S/C14H17N3O5S/c1-21-14(18)16-5-2-6-17(8-7-16)23(19,20)11-3-4-12-13(9-11)22-10-15-12/h3-4,9-10H,2,5-8H2,1H3. The van der Waals surface area contributed by atoms with Gasteiger partial charge in [-0.3, -0.25) is 0 Å². The number of rotatable bonds is 2. The lowest BCUT2D eigenvalue weighted by Gasteiger charge is -2.21. The first-order valence-corrected chi connectivity index (χ1v) is 8.62. The third-order valence-corrected chi connectivity index (χ3v) is 5.72. The fraction of sp³-hybridized carbons (Fsp3) is 0.429. The van der Waals surface area contributed by atoms with Crippen molar-refractivity contribution in [1.29, 1.82) is 0 Å². The topological polar surface area (TPSA) is 93.0 Å². The minimum absolute atomic E-state index is 0.160. The molecule has 2 heterocycles. The summed E-state index contributed by atoms with van der Waals surface area (Å²) in [6.07, 6.45) is 1.40. The van der Waals surface area contributed by atoms with Crippen LogP contribution in [0.2, 0.25) is 0 Å². The Kier molecular flexibility index (Phi) is 4.22. The van der Waals surface area contributed by atoms with Crippen molar-refractivity contribution in [2.24, 2.45) is 0 Å². The Morgan fingerprint density at radius 3 is 2.87 bits per heavy atom. The number of benzene rings is 1. The lowest BCUT2D eigenvalue weighted by Crippen LogP contribution is -2.37. The second-order valence-corrected chi connectivity index (χ2v) is 7.13. The lowest BCUT2D eigenvalue weighted by molar-refractivity contribution is 0.126. The summed E-state index contributed by atoms with van der Waals surface area (Å²) in [6, 6.07) is 4.61. The van der Waals surface area contributed by atoms with Crippen LogP contribution >= 0.6 is 0 Å². The first-order valence-electron chi connectivity index (χ1n) is 7.18. The number of amides is 1. The van der Waals surface area contributed by atoms with E-state index in [9.17, 15) is 13.2 Å². The van der Waals surface area contributed by atoms with Gasteiger partial charge in [-0.25, -0.2) is 18.2 Å². The molecule has 8 nitrogen and oxygen atoms in total. The monoisotopic (exact) mass is 339 g/mol. The number of sulfonamides is 1. The molecule has 1 aromatic heterocycles. The second-order valence-electron chi connectivity index (χ2n) is 5.20. The summed E-state index contributed by atoms with van der Waals surface area (Å²) in [7, 11) is -2.33. The van der Waals surface area contributed by atoms with Crippen LogP contribution in [0.4, 0.5) is 4.79 Å². The normalized spacial score (nSPS) is 17.2. The van der Waals surface area contributed by atoms with E-state index < -0.39 is 16.1 Å². The third kappa shape index (κ3) is 3.02. The Balaban J connectivity index is 1.83. The van der Waals surface area contributed by atoms with Gasteiger partial charge in [0.25, 0.3) is 0 Å². The van der Waals surface area contributed by atoms with Gasteiger partial charge < -0.3 is 14.1 Å². The van der Waals surface area contributed by atoms with Crippen LogP contribution in [0, 0.1) is 0 Å². The molecule has 1 aliphatic rings. The molecule has 124 valence electrons. The van der Waals surface area contributed by atoms with Crippen LogP contribution in [0.1, 0.15) is 6.42 Å². The summed E-state index contributed by atoms with van der Waals surface area (Å²) in [5, 5.41) is 0. The van der Waals surface area contributed by atoms with E-state index in [0.29, 0.717) is 37.2 Å². The number of hydrogen-bond donors (Lipinski definition) is 0. The average Bonchev–Trinajstić information content (AvgIpc) is 2.87. The van der Waals surface area contributed by atoms with Gasteiger partial charge in [0.2, 0.25) is 10.0 Å². The fourth-order valence-corrected chi connectivity index (χ4v) is 4.08. The maximum Gasteiger partial charge on any atom is 0.409 e. The van der Waals surface area contributed by atoms with E-state index >= 15 is 0 Å². The molecule has 0 atom stereocenters. The van der Waals surface area contributed by atoms with Gasteiger partial charge >= 0.3 is 6.09 Å². The van der Waals surface area contributed by atoms with Crippen molar-refractivity contribution >= 4 is 27.2 Å². The fourth-order valence-electron chi connectivity index (χ4n) is 2.59. The highest BCUT2D eigenvalue weighted by Crippen LogP contribution is 2.22. The number of carbonyl (C=O) groups is 1. The molecule has 9 heteroatoms. The maximum absolute atomic E-state index is 12.8. The summed E-state index contributed by atoms with van der Waals surface area (Å²) in [5.41, 5.74) is 1.04. The van der Waals surface area contributed by atoms with Crippen molar-refractivity contribution in [3.8, 4) is 0 Å². The van der Waals surface area contributed by atoms with Crippen molar-refractivity contribution in [2.75, 3.05) is 33.3 Å². The molecular weight excluding hydrogens is 322 g/mol. The second kappa shape index (κ2) is 6.17. The van der Waals surface area contributed by atoms with E-state index in [4.69, 9.17) is 4.42 Å². The third-order valence-electron chi connectivity index (χ3n) is 3.83. The van der Waals surface area contributed by atoms with Crippen LogP contribution in [0.25, 0.3) is 11.1 Å². The quantitative estimate of drug-likeness (QED) is 0.818. The maximum atomic E-state index is 12.8. The minimum atomic E-state index is -3.64. The molecular formula is C14H17N3O5S. The Hall–Kier alpha value is -2.13. The highest BCUT2D eigenvalue weighted by atomic mass is 32.2. The van der Waals surface area contributed by atoms with E-state index in [1.165, 1.54) is 34.8 Å². The van der Waals surface area contributed by atoms with E-state index in [-0.39, 0.29) is 11.4 Å². The number of methoxy groups -OCH3 is 1. The smallest absolute Gasteiger partial charge is 0.409 e. The van der Waals surface area contributed by atoms with Crippen LogP contribution in [0.3, 0.4) is 0 Å². The van der Waals surface area contributed by atoms with Crippen molar-refractivity contribution in [2.45, 2.75) is 11.3 Å². The summed E-state index contributed by atoms with van der Waals surface area (Å²) >= 11 is 0. The minimum Gasteiger partial charge on any atom is -0.453 e. The van der Waals surface area contributed by atoms with Gasteiger partial charge in [-0.2, -0.15) is 4.31 Å². The van der Waals surface area contributed by atoms with Gasteiger partial charge in [0, 0.05) is 32.2 Å². The molecule has 0 unspecified atom stereocenters. The predicted octanol–water partition coefficient (Wildman–Crippen LogP) is 1.29. The molecule has 0 saturated carbocycles. The Morgan fingerprint density at radius 1 is 1.26 bits per heavy atom. The molecule has 23 heavy (non-hydrogen) atoms. The molecule has 1 aromatic carbocycles. The van der Waals surface area contributed by atoms with Crippen molar-refractivity contribution in [3.63, 3.8) is 0 Å². The first kappa shape index (κ1) is 15.8. The zero-order valence-corrected chi connectivity index (χ0v) is 13.5. The molecule has 1 fully saturated rings. The zero-order chi connectivity index (χ0) is 16.4. The van der Waals surface area contributed by atoms with Crippen LogP contribution in [0.15, 0.2) is 33.9 Å². The van der Waals surface area contributed by atoms with Gasteiger partial charge in [0.05, 0.1) is 12.0 Å². The predicted molar refractivity (Wildman–Crippen MR) is 81.4 cm³/mol. The summed E-state index contributed by atoms with van der Waals surface area (Å²) in [4.78, 5) is 17.2. The van der Waals surface area contributed by atoms with Gasteiger partial charge in [0.1, 0.15) is 5.52 Å². The largest absolute Gasteiger partial charge is 0.453 e. The van der Waals surface area contributed by atoms with Gasteiger partial charge in [-0.1, -0.05) is 0 Å². The molecule has 0 bridgehead atoms. The zero-order valence-electron chi connectivity index (χ0n) is 12.6. The average molecular weight is 339 g/mol. The number of carbonyl (C=O) groups excluding carboxylic acids is 1. The van der Waals surface area contributed by atoms with Crippen LogP contribution < -0.4 is 0 Å². The number of ether oxygens (including phenoxy) is 1. The molecule has 0 spiro atoms. The van der Waals surface area contributed by atoms with Crippen LogP contribution in [-0.2, 0) is 14.8 Å². The van der Waals surface area contributed by atoms with Crippen LogP contribution in [0.5, 0.6) is 0 Å². The van der Waals surface area contributed by atoms with Crippen LogP contribution in [-0.4, -0.2) is 62.0 Å². The molecule has 0 aliphatic carbocycles. The lowest BCUT2D eigenvalue weighted by atomic mass is 10.3. The summed E-state index contributed by atoms with van der Waals surface area (Å²) in [6.45, 7) is 1.35.